The molecule has 0 bridgehead atoms. The summed E-state index contributed by atoms with van der Waals surface area (Å²) in [5, 5.41) is 0.584. The summed E-state index contributed by atoms with van der Waals surface area (Å²) in [4.78, 5) is 3.62. The molecule has 0 fully saturated rings. The molecule has 1 nitrogen and oxygen atoms in total. The van der Waals surface area contributed by atoms with Gasteiger partial charge in [-0.2, -0.15) is 0 Å². The molecule has 0 aliphatic rings. The van der Waals surface area contributed by atoms with Crippen LogP contribution in [0, 0.1) is 6.92 Å². The van der Waals surface area contributed by atoms with E-state index in [1.54, 1.807) is 13.0 Å². The van der Waals surface area contributed by atoms with Crippen LogP contribution in [0.1, 0.15) is 23.2 Å². The van der Waals surface area contributed by atoms with E-state index < -0.39 is 6.43 Å². The number of nitrogens with zero attached hydrogens (tertiary/aromatic N) is 1. The van der Waals surface area contributed by atoms with Crippen molar-refractivity contribution >= 4 is 15.9 Å². The first-order chi connectivity index (χ1) is 5.66. The van der Waals surface area contributed by atoms with E-state index in [-0.39, 0.29) is 5.69 Å². The maximum absolute atomic E-state index is 12.3. The molecule has 0 radical (unpaired) electrons. The molecular formula is C8H8BrF2N. The third-order valence-electron chi connectivity index (χ3n) is 1.71. The van der Waals surface area contributed by atoms with Gasteiger partial charge < -0.3 is 0 Å². The van der Waals surface area contributed by atoms with Gasteiger partial charge in [-0.1, -0.05) is 15.9 Å². The van der Waals surface area contributed by atoms with Crippen molar-refractivity contribution in [3.63, 3.8) is 0 Å². The van der Waals surface area contributed by atoms with E-state index in [0.29, 0.717) is 10.9 Å². The average Bonchev–Trinajstić information content (AvgIpc) is 2.04. The second-order valence-corrected chi connectivity index (χ2v) is 2.98. The van der Waals surface area contributed by atoms with Gasteiger partial charge in [0.25, 0.3) is 6.43 Å². The molecule has 1 heterocycles. The first-order valence-electron chi connectivity index (χ1n) is 3.45. The Hall–Kier alpha value is -0.510. The standard InChI is InChI=1S/C8H8BrF2N/c1-5-6(4-9)2-3-12-7(5)8(10)11/h2-3,8H,4H2,1H3. The predicted molar refractivity (Wildman–Crippen MR) is 46.6 cm³/mol. The summed E-state index contributed by atoms with van der Waals surface area (Å²) < 4.78 is 24.5. The molecule has 0 spiro atoms. The van der Waals surface area contributed by atoms with Crippen LogP contribution in [-0.4, -0.2) is 4.98 Å². The molecule has 0 saturated heterocycles. The molecule has 0 aromatic carbocycles. The summed E-state index contributed by atoms with van der Waals surface area (Å²) in [7, 11) is 0. The van der Waals surface area contributed by atoms with Gasteiger partial charge >= 0.3 is 0 Å². The van der Waals surface area contributed by atoms with Crippen LogP contribution in [0.5, 0.6) is 0 Å². The highest BCUT2D eigenvalue weighted by Gasteiger charge is 2.13. The lowest BCUT2D eigenvalue weighted by Crippen LogP contribution is -1.97. The van der Waals surface area contributed by atoms with Crippen molar-refractivity contribution in [2.24, 2.45) is 0 Å². The summed E-state index contributed by atoms with van der Waals surface area (Å²) >= 11 is 3.22. The molecule has 1 aromatic rings. The van der Waals surface area contributed by atoms with E-state index in [1.807, 2.05) is 0 Å². The monoisotopic (exact) mass is 235 g/mol. The minimum absolute atomic E-state index is 0.119. The second-order valence-electron chi connectivity index (χ2n) is 2.41. The highest BCUT2D eigenvalue weighted by molar-refractivity contribution is 9.08. The molecule has 0 N–H and O–H groups in total. The highest BCUT2D eigenvalue weighted by Crippen LogP contribution is 2.23. The zero-order chi connectivity index (χ0) is 9.14. The van der Waals surface area contributed by atoms with Crippen molar-refractivity contribution in [3.05, 3.63) is 29.1 Å². The number of aromatic nitrogens is 1. The third-order valence-corrected chi connectivity index (χ3v) is 2.31. The molecule has 0 unspecified atom stereocenters. The van der Waals surface area contributed by atoms with Crippen molar-refractivity contribution in [2.45, 2.75) is 18.7 Å². The third kappa shape index (κ3) is 1.80. The Morgan fingerprint density at radius 1 is 1.58 bits per heavy atom. The quantitative estimate of drug-likeness (QED) is 0.718. The normalized spacial score (nSPS) is 10.8. The zero-order valence-electron chi connectivity index (χ0n) is 6.52. The number of pyridine rings is 1. The lowest BCUT2D eigenvalue weighted by Gasteiger charge is -2.06. The van der Waals surface area contributed by atoms with E-state index >= 15 is 0 Å². The van der Waals surface area contributed by atoms with Crippen molar-refractivity contribution < 1.29 is 8.78 Å². The summed E-state index contributed by atoms with van der Waals surface area (Å²) in [5.41, 5.74) is 1.32. The highest BCUT2D eigenvalue weighted by atomic mass is 79.9. The summed E-state index contributed by atoms with van der Waals surface area (Å²) in [6.07, 6.45) is -1.07. The minimum atomic E-state index is -2.48. The molecule has 1 rings (SSSR count). The van der Waals surface area contributed by atoms with Crippen LogP contribution in [0.4, 0.5) is 8.78 Å². The molecule has 66 valence electrons. The van der Waals surface area contributed by atoms with Gasteiger partial charge in [-0.15, -0.1) is 0 Å². The largest absolute Gasteiger partial charge is 0.280 e. The SMILES string of the molecule is Cc1c(CBr)ccnc1C(F)F. The van der Waals surface area contributed by atoms with Crippen LogP contribution in [0.25, 0.3) is 0 Å². The van der Waals surface area contributed by atoms with Gasteiger partial charge in [-0.25, -0.2) is 8.78 Å². The van der Waals surface area contributed by atoms with Crippen LogP contribution in [0.3, 0.4) is 0 Å². The van der Waals surface area contributed by atoms with Gasteiger partial charge in [0, 0.05) is 11.5 Å². The Bertz CT molecular complexity index is 276. The fraction of sp³-hybridized carbons (Fsp3) is 0.375. The van der Waals surface area contributed by atoms with Crippen molar-refractivity contribution in [1.29, 1.82) is 0 Å². The molecule has 0 atom stereocenters. The maximum Gasteiger partial charge on any atom is 0.280 e. The smallest absolute Gasteiger partial charge is 0.255 e. The number of alkyl halides is 3. The van der Waals surface area contributed by atoms with Gasteiger partial charge in [-0.3, -0.25) is 4.98 Å². The van der Waals surface area contributed by atoms with Crippen molar-refractivity contribution in [1.82, 2.24) is 4.98 Å². The first kappa shape index (κ1) is 9.58. The second kappa shape index (κ2) is 3.94. The van der Waals surface area contributed by atoms with Gasteiger partial charge in [0.2, 0.25) is 0 Å². The Morgan fingerprint density at radius 2 is 2.25 bits per heavy atom. The summed E-state index contributed by atoms with van der Waals surface area (Å²) in [6.45, 7) is 1.66. The molecule has 4 heteroatoms. The van der Waals surface area contributed by atoms with Gasteiger partial charge in [0.05, 0.1) is 0 Å². The average molecular weight is 236 g/mol. The summed E-state index contributed by atoms with van der Waals surface area (Å²) in [6, 6.07) is 1.73. The van der Waals surface area contributed by atoms with E-state index in [1.165, 1.54) is 6.20 Å². The number of hydrogen-bond donors (Lipinski definition) is 0. The van der Waals surface area contributed by atoms with Gasteiger partial charge in [-0.05, 0) is 24.1 Å². The fourth-order valence-corrected chi connectivity index (χ4v) is 1.57. The molecule has 1 aromatic heterocycles. The molecule has 0 aliphatic carbocycles. The molecule has 0 aliphatic heterocycles. The molecule has 0 saturated carbocycles. The van der Waals surface area contributed by atoms with Gasteiger partial charge in [0.15, 0.2) is 0 Å². The minimum Gasteiger partial charge on any atom is -0.255 e. The fourth-order valence-electron chi connectivity index (χ4n) is 0.959. The summed E-state index contributed by atoms with van der Waals surface area (Å²) in [5.74, 6) is 0. The number of hydrogen-bond acceptors (Lipinski definition) is 1. The Labute approximate surface area is 77.9 Å². The number of rotatable bonds is 2. The van der Waals surface area contributed by atoms with Crippen LogP contribution in [-0.2, 0) is 5.33 Å². The zero-order valence-corrected chi connectivity index (χ0v) is 8.11. The van der Waals surface area contributed by atoms with Gasteiger partial charge in [0.1, 0.15) is 5.69 Å². The lowest BCUT2D eigenvalue weighted by molar-refractivity contribution is 0.145. The Morgan fingerprint density at radius 3 is 2.75 bits per heavy atom. The number of halogens is 3. The topological polar surface area (TPSA) is 12.9 Å². The molecule has 0 amide bonds. The van der Waals surface area contributed by atoms with Crippen LogP contribution >= 0.6 is 15.9 Å². The molecular weight excluding hydrogens is 228 g/mol. The van der Waals surface area contributed by atoms with Crippen LogP contribution in [0.15, 0.2) is 12.3 Å². The Balaban J connectivity index is 3.14. The van der Waals surface area contributed by atoms with E-state index in [4.69, 9.17) is 0 Å². The van der Waals surface area contributed by atoms with E-state index in [2.05, 4.69) is 20.9 Å². The van der Waals surface area contributed by atoms with Crippen molar-refractivity contribution in [2.75, 3.05) is 0 Å². The van der Waals surface area contributed by atoms with E-state index in [9.17, 15) is 8.78 Å². The Kier molecular flexibility index (Phi) is 3.14. The predicted octanol–water partition coefficient (Wildman–Crippen LogP) is 3.22. The van der Waals surface area contributed by atoms with Crippen LogP contribution < -0.4 is 0 Å². The van der Waals surface area contributed by atoms with Crippen LogP contribution in [0.2, 0.25) is 0 Å². The van der Waals surface area contributed by atoms with Crippen molar-refractivity contribution in [3.8, 4) is 0 Å². The maximum atomic E-state index is 12.3. The lowest BCUT2D eigenvalue weighted by atomic mass is 10.1. The first-order valence-corrected chi connectivity index (χ1v) is 4.57. The van der Waals surface area contributed by atoms with E-state index in [0.717, 1.165) is 5.56 Å². The molecule has 12 heavy (non-hydrogen) atoms.